The predicted octanol–water partition coefficient (Wildman–Crippen LogP) is 5.66. The van der Waals surface area contributed by atoms with Gasteiger partial charge in [0.05, 0.1) is 0 Å². The summed E-state index contributed by atoms with van der Waals surface area (Å²) in [6, 6.07) is 24.3. The summed E-state index contributed by atoms with van der Waals surface area (Å²) in [7, 11) is -4.93. The monoisotopic (exact) mass is 480 g/mol. The number of fused-ring (bicyclic) bond motifs is 1. The molecule has 0 amide bonds. The molecule has 1 heterocycles. The van der Waals surface area contributed by atoms with E-state index in [4.69, 9.17) is 0 Å². The molecule has 0 fully saturated rings. The first-order valence-electron chi connectivity index (χ1n) is 11.0. The molecule has 3 aromatic carbocycles. The van der Waals surface area contributed by atoms with Crippen LogP contribution in [0.1, 0.15) is 46.6 Å². The van der Waals surface area contributed by atoms with E-state index in [-0.39, 0.29) is 16.6 Å². The summed E-state index contributed by atoms with van der Waals surface area (Å²) in [6.07, 6.45) is 0.897. The largest absolute Gasteiger partial charge is 0.716 e. The summed E-state index contributed by atoms with van der Waals surface area (Å²) < 4.78 is 38.3. The normalized spacial score (nSPS) is 12.2. The standard InChI is InChI=1S/C20H25N3O4S.C6H6/c1-19(2,3)13-20(4,5)14-10-11-18(27-28(24,25)26)17(12-14)23-21-15-8-6-7-9-16(15)22-23;1-2-4-6-5-3-1/h6-12H,13H2,1-5H3,(H,24,25,26);1-6H/p-1. The SMILES string of the molecule is CC(C)(C)CC(C)(C)c1ccc(OS(=O)(=O)[O-])c(-n2nc3ccccc3n2)c1.c1ccccc1. The van der Waals surface area contributed by atoms with Crippen LogP contribution in [0.2, 0.25) is 0 Å². The Balaban J connectivity index is 0.000000469. The lowest BCUT2D eigenvalue weighted by Crippen LogP contribution is -2.25. The maximum Gasteiger partial charge on any atom is 0.262 e. The molecule has 34 heavy (non-hydrogen) atoms. The van der Waals surface area contributed by atoms with Crippen molar-refractivity contribution < 1.29 is 17.2 Å². The molecule has 0 bridgehead atoms. The van der Waals surface area contributed by atoms with Gasteiger partial charge in [0.1, 0.15) is 16.7 Å². The highest BCUT2D eigenvalue weighted by molar-refractivity contribution is 7.81. The van der Waals surface area contributed by atoms with Crippen molar-refractivity contribution in [1.29, 1.82) is 0 Å². The fourth-order valence-electron chi connectivity index (χ4n) is 4.06. The van der Waals surface area contributed by atoms with Crippen LogP contribution in [-0.2, 0) is 15.8 Å². The van der Waals surface area contributed by atoms with Crippen molar-refractivity contribution in [2.75, 3.05) is 0 Å². The second-order valence-corrected chi connectivity index (χ2v) is 10.9. The first-order valence-corrected chi connectivity index (χ1v) is 12.3. The fraction of sp³-hybridized carbons (Fsp3) is 0.308. The molecule has 180 valence electrons. The van der Waals surface area contributed by atoms with Crippen molar-refractivity contribution in [3.63, 3.8) is 0 Å². The van der Waals surface area contributed by atoms with Gasteiger partial charge < -0.3 is 8.74 Å². The number of rotatable bonds is 5. The second-order valence-electron chi connectivity index (χ2n) is 9.93. The summed E-state index contributed by atoms with van der Waals surface area (Å²) in [5.74, 6) is -0.106. The molecule has 0 saturated carbocycles. The predicted molar refractivity (Wildman–Crippen MR) is 133 cm³/mol. The Morgan fingerprint density at radius 3 is 1.76 bits per heavy atom. The minimum Gasteiger partial charge on any atom is -0.716 e. The van der Waals surface area contributed by atoms with E-state index < -0.39 is 10.4 Å². The molecule has 7 nitrogen and oxygen atoms in total. The van der Waals surface area contributed by atoms with Gasteiger partial charge in [-0.25, -0.2) is 8.42 Å². The van der Waals surface area contributed by atoms with E-state index in [1.807, 2.05) is 48.5 Å². The molecule has 0 aliphatic rings. The van der Waals surface area contributed by atoms with Crippen LogP contribution in [0.4, 0.5) is 0 Å². The van der Waals surface area contributed by atoms with E-state index >= 15 is 0 Å². The molecule has 1 aromatic heterocycles. The number of benzene rings is 3. The molecule has 0 spiro atoms. The quantitative estimate of drug-likeness (QED) is 0.270. The Hall–Kier alpha value is -3.23. The highest BCUT2D eigenvalue weighted by atomic mass is 32.3. The minimum atomic E-state index is -4.93. The van der Waals surface area contributed by atoms with Gasteiger partial charge in [-0.05, 0) is 47.1 Å². The van der Waals surface area contributed by atoms with Crippen LogP contribution < -0.4 is 4.18 Å². The molecule has 0 atom stereocenters. The zero-order chi connectivity index (χ0) is 25.0. The van der Waals surface area contributed by atoms with Crippen molar-refractivity contribution in [3.05, 3.63) is 84.4 Å². The molecule has 0 aliphatic carbocycles. The second kappa shape index (κ2) is 9.95. The van der Waals surface area contributed by atoms with Gasteiger partial charge in [0.25, 0.3) is 10.4 Å². The van der Waals surface area contributed by atoms with Crippen molar-refractivity contribution >= 4 is 21.4 Å². The number of hydrogen-bond donors (Lipinski definition) is 0. The summed E-state index contributed by atoms with van der Waals surface area (Å²) >= 11 is 0. The third kappa shape index (κ3) is 7.13. The maximum atomic E-state index is 11.2. The zero-order valence-corrected chi connectivity index (χ0v) is 20.9. The summed E-state index contributed by atoms with van der Waals surface area (Å²) in [5.41, 5.74) is 2.46. The molecule has 8 heteroatoms. The third-order valence-electron chi connectivity index (χ3n) is 5.07. The van der Waals surface area contributed by atoms with Gasteiger partial charge in [-0.15, -0.1) is 15.0 Å². The van der Waals surface area contributed by atoms with Gasteiger partial charge in [-0.2, -0.15) is 0 Å². The summed E-state index contributed by atoms with van der Waals surface area (Å²) in [4.78, 5) is 1.31. The van der Waals surface area contributed by atoms with E-state index in [0.717, 1.165) is 12.0 Å². The average molecular weight is 481 g/mol. The Bertz CT molecular complexity index is 1280. The third-order valence-corrected chi connectivity index (χ3v) is 5.46. The topological polar surface area (TPSA) is 97.1 Å². The molecule has 0 N–H and O–H groups in total. The van der Waals surface area contributed by atoms with E-state index in [9.17, 15) is 13.0 Å². The van der Waals surface area contributed by atoms with Gasteiger partial charge in [0, 0.05) is 0 Å². The highest BCUT2D eigenvalue weighted by Gasteiger charge is 2.28. The lowest BCUT2D eigenvalue weighted by molar-refractivity contribution is 0.284. The van der Waals surface area contributed by atoms with Crippen LogP contribution in [-0.4, -0.2) is 28.0 Å². The highest BCUT2D eigenvalue weighted by Crippen LogP contribution is 2.38. The maximum absolute atomic E-state index is 11.2. The van der Waals surface area contributed by atoms with Crippen molar-refractivity contribution in [3.8, 4) is 11.4 Å². The van der Waals surface area contributed by atoms with Crippen molar-refractivity contribution in [2.24, 2.45) is 5.41 Å². The van der Waals surface area contributed by atoms with E-state index in [1.54, 1.807) is 24.3 Å². The lowest BCUT2D eigenvalue weighted by atomic mass is 9.72. The van der Waals surface area contributed by atoms with E-state index in [2.05, 4.69) is 49.0 Å². The Morgan fingerprint density at radius 1 is 0.824 bits per heavy atom. The molecule has 0 aliphatic heterocycles. The lowest BCUT2D eigenvalue weighted by Gasteiger charge is -2.33. The van der Waals surface area contributed by atoms with Gasteiger partial charge in [-0.1, -0.05) is 89.2 Å². The number of aromatic nitrogens is 3. The van der Waals surface area contributed by atoms with E-state index in [1.165, 1.54) is 10.9 Å². The number of nitrogens with zero attached hydrogens (tertiary/aromatic N) is 3. The smallest absolute Gasteiger partial charge is 0.262 e. The van der Waals surface area contributed by atoms with Gasteiger partial charge in [0.15, 0.2) is 5.75 Å². The van der Waals surface area contributed by atoms with Gasteiger partial charge in [0.2, 0.25) is 0 Å². The first-order chi connectivity index (χ1) is 15.8. The van der Waals surface area contributed by atoms with E-state index in [0.29, 0.717) is 16.7 Å². The summed E-state index contributed by atoms with van der Waals surface area (Å²) in [5, 5.41) is 8.80. The van der Waals surface area contributed by atoms with Crippen LogP contribution in [0.3, 0.4) is 0 Å². The Labute approximate surface area is 201 Å². The fourth-order valence-corrected chi connectivity index (χ4v) is 4.42. The molecule has 0 radical (unpaired) electrons. The molecular formula is C26H30N3O4S-. The molecule has 0 saturated heterocycles. The average Bonchev–Trinajstić information content (AvgIpc) is 3.17. The first kappa shape index (κ1) is 25.4. The van der Waals surface area contributed by atoms with Gasteiger partial charge in [-0.3, -0.25) is 0 Å². The van der Waals surface area contributed by atoms with Crippen LogP contribution in [0, 0.1) is 5.41 Å². The molecule has 4 rings (SSSR count). The van der Waals surface area contributed by atoms with Crippen LogP contribution in [0.15, 0.2) is 78.9 Å². The van der Waals surface area contributed by atoms with Crippen LogP contribution in [0.5, 0.6) is 5.75 Å². The molecule has 4 aromatic rings. The van der Waals surface area contributed by atoms with Crippen molar-refractivity contribution in [2.45, 2.75) is 46.5 Å². The molecule has 0 unspecified atom stereocenters. The van der Waals surface area contributed by atoms with Gasteiger partial charge >= 0.3 is 0 Å². The number of hydrogen-bond acceptors (Lipinski definition) is 6. The Morgan fingerprint density at radius 2 is 1.32 bits per heavy atom. The van der Waals surface area contributed by atoms with Crippen molar-refractivity contribution in [1.82, 2.24) is 15.0 Å². The van der Waals surface area contributed by atoms with Crippen LogP contribution >= 0.6 is 0 Å². The zero-order valence-electron chi connectivity index (χ0n) is 20.1. The summed E-state index contributed by atoms with van der Waals surface area (Å²) in [6.45, 7) is 10.7. The molecular weight excluding hydrogens is 450 g/mol. The van der Waals surface area contributed by atoms with Crippen LogP contribution in [0.25, 0.3) is 16.7 Å². The Kier molecular flexibility index (Phi) is 7.43. The minimum absolute atomic E-state index is 0.0931.